The predicted octanol–water partition coefficient (Wildman–Crippen LogP) is 1.54. The molecule has 1 atom stereocenters. The molecule has 4 rings (SSSR count). The molecule has 2 aromatic rings. The van der Waals surface area contributed by atoms with Gasteiger partial charge in [-0.1, -0.05) is 6.42 Å². The van der Waals surface area contributed by atoms with Crippen molar-refractivity contribution in [1.82, 2.24) is 19.5 Å². The average Bonchev–Trinajstić information content (AvgIpc) is 2.82. The van der Waals surface area contributed by atoms with Gasteiger partial charge in [-0.25, -0.2) is 8.42 Å². The second-order valence-corrected chi connectivity index (χ2v) is 10.7. The summed E-state index contributed by atoms with van der Waals surface area (Å²) in [4.78, 5) is 30.3. The van der Waals surface area contributed by atoms with E-state index in [-0.39, 0.29) is 29.5 Å². The number of piperidine rings is 1. The number of aromatic nitrogens is 1. The number of ether oxygens (including phenoxy) is 1. The zero-order chi connectivity index (χ0) is 23.4. The Morgan fingerprint density at radius 3 is 2.73 bits per heavy atom. The highest BCUT2D eigenvalue weighted by atomic mass is 32.2. The summed E-state index contributed by atoms with van der Waals surface area (Å²) in [6.45, 7) is 6.01. The van der Waals surface area contributed by atoms with Crippen LogP contribution in [0.5, 0.6) is 0 Å². The van der Waals surface area contributed by atoms with Crippen LogP contribution >= 0.6 is 0 Å². The fraction of sp³-hybridized carbons (Fsp3) is 0.565. The molecule has 2 aliphatic heterocycles. The summed E-state index contributed by atoms with van der Waals surface area (Å²) in [5, 5.41) is 3.31. The Kier molecular flexibility index (Phi) is 7.48. The Morgan fingerprint density at radius 1 is 1.18 bits per heavy atom. The molecule has 0 bridgehead atoms. The van der Waals surface area contributed by atoms with E-state index in [1.807, 2.05) is 0 Å². The summed E-state index contributed by atoms with van der Waals surface area (Å²) in [5.41, 5.74) is 0.202. The molecule has 33 heavy (non-hydrogen) atoms. The number of benzene rings is 1. The van der Waals surface area contributed by atoms with Crippen LogP contribution in [0, 0.1) is 0 Å². The van der Waals surface area contributed by atoms with Gasteiger partial charge in [0.2, 0.25) is 15.6 Å². The van der Waals surface area contributed by atoms with Crippen molar-refractivity contribution in [2.75, 3.05) is 45.9 Å². The highest BCUT2D eigenvalue weighted by Gasteiger charge is 2.27. The van der Waals surface area contributed by atoms with Crippen LogP contribution in [0.4, 0.5) is 0 Å². The number of rotatable bonds is 7. The second kappa shape index (κ2) is 10.3. The number of likely N-dealkylation sites (tertiary alicyclic amines) is 1. The van der Waals surface area contributed by atoms with Crippen molar-refractivity contribution >= 4 is 26.8 Å². The fourth-order valence-electron chi connectivity index (χ4n) is 4.59. The van der Waals surface area contributed by atoms with Gasteiger partial charge >= 0.3 is 0 Å². The number of hydrogen-bond acceptors (Lipinski definition) is 6. The number of carbonyl (C=O) groups is 1. The van der Waals surface area contributed by atoms with Crippen molar-refractivity contribution in [3.8, 4) is 0 Å². The third-order valence-corrected chi connectivity index (χ3v) is 8.41. The Balaban J connectivity index is 1.50. The first-order chi connectivity index (χ1) is 15.9. The summed E-state index contributed by atoms with van der Waals surface area (Å²) in [5.74, 6) is -0.376. The Labute approximate surface area is 194 Å². The first kappa shape index (κ1) is 23.9. The first-order valence-corrected chi connectivity index (χ1v) is 13.1. The number of hydrogen-bond donors (Lipinski definition) is 2. The third-order valence-electron chi connectivity index (χ3n) is 6.52. The number of nitrogens with zero attached hydrogens (tertiary/aromatic N) is 2. The smallest absolute Gasteiger partial charge is 0.252 e. The topological polar surface area (TPSA) is 112 Å². The maximum atomic E-state index is 13.1. The molecule has 2 N–H and O–H groups in total. The van der Waals surface area contributed by atoms with Gasteiger partial charge in [0.25, 0.3) is 5.91 Å². The molecule has 0 radical (unpaired) electrons. The molecule has 180 valence electrons. The zero-order valence-electron chi connectivity index (χ0n) is 19.0. The third kappa shape index (κ3) is 5.46. The molecule has 2 aliphatic rings. The van der Waals surface area contributed by atoms with E-state index in [2.05, 4.69) is 22.1 Å². The molecule has 0 saturated carbocycles. The highest BCUT2D eigenvalue weighted by Crippen LogP contribution is 2.23. The quantitative estimate of drug-likeness (QED) is 0.587. The number of aromatic amines is 1. The van der Waals surface area contributed by atoms with E-state index in [1.165, 1.54) is 41.8 Å². The molecule has 2 saturated heterocycles. The van der Waals surface area contributed by atoms with Crippen molar-refractivity contribution in [2.45, 2.75) is 43.5 Å². The van der Waals surface area contributed by atoms with E-state index in [0.717, 1.165) is 19.5 Å². The van der Waals surface area contributed by atoms with Crippen LogP contribution in [-0.4, -0.2) is 80.5 Å². The number of sulfonamides is 1. The summed E-state index contributed by atoms with van der Waals surface area (Å²) >= 11 is 0. The molecule has 1 unspecified atom stereocenters. The normalized spacial score (nSPS) is 20.7. The summed E-state index contributed by atoms with van der Waals surface area (Å²) in [7, 11) is -3.72. The molecular formula is C23H32N4O5S. The van der Waals surface area contributed by atoms with Gasteiger partial charge in [0, 0.05) is 49.2 Å². The van der Waals surface area contributed by atoms with Gasteiger partial charge in [-0.3, -0.25) is 9.59 Å². The molecular weight excluding hydrogens is 444 g/mol. The monoisotopic (exact) mass is 476 g/mol. The van der Waals surface area contributed by atoms with Crippen molar-refractivity contribution in [3.63, 3.8) is 0 Å². The Morgan fingerprint density at radius 2 is 1.97 bits per heavy atom. The first-order valence-electron chi connectivity index (χ1n) is 11.6. The summed E-state index contributed by atoms with van der Waals surface area (Å²) in [6.07, 6.45) is 4.51. The predicted molar refractivity (Wildman–Crippen MR) is 126 cm³/mol. The van der Waals surface area contributed by atoms with Crippen LogP contribution in [0.15, 0.2) is 34.0 Å². The van der Waals surface area contributed by atoms with Crippen LogP contribution in [0.1, 0.15) is 43.0 Å². The highest BCUT2D eigenvalue weighted by molar-refractivity contribution is 7.89. The largest absolute Gasteiger partial charge is 0.379 e. The van der Waals surface area contributed by atoms with Gasteiger partial charge in [-0.2, -0.15) is 4.31 Å². The van der Waals surface area contributed by atoms with E-state index in [9.17, 15) is 18.0 Å². The standard InChI is InChI=1S/C23H32N4O5S/c1-17-5-2-3-9-26(17)10-4-8-24-23(29)20-16-22(28)25-21-7-6-18(15-19(20)21)33(30,31)27-11-13-32-14-12-27/h6-7,15-17H,2-5,8-14H2,1H3,(H,24,29)(H,25,28). The number of morpholine rings is 1. The lowest BCUT2D eigenvalue weighted by Crippen LogP contribution is -2.40. The number of nitrogens with one attached hydrogen (secondary N) is 2. The van der Waals surface area contributed by atoms with Crippen molar-refractivity contribution in [1.29, 1.82) is 0 Å². The van der Waals surface area contributed by atoms with E-state index in [0.29, 0.717) is 36.7 Å². The van der Waals surface area contributed by atoms with Crippen LogP contribution in [0.3, 0.4) is 0 Å². The number of H-pyrrole nitrogens is 1. The number of fused-ring (bicyclic) bond motifs is 1. The summed E-state index contributed by atoms with van der Waals surface area (Å²) in [6, 6.07) is 6.27. The minimum atomic E-state index is -3.72. The van der Waals surface area contributed by atoms with E-state index in [1.54, 1.807) is 6.07 Å². The van der Waals surface area contributed by atoms with Crippen LogP contribution in [0.2, 0.25) is 0 Å². The molecule has 9 nitrogen and oxygen atoms in total. The van der Waals surface area contributed by atoms with Gasteiger partial charge in [-0.15, -0.1) is 0 Å². The zero-order valence-corrected chi connectivity index (χ0v) is 19.8. The van der Waals surface area contributed by atoms with Gasteiger partial charge < -0.3 is 19.9 Å². The lowest BCUT2D eigenvalue weighted by molar-refractivity contribution is 0.0730. The van der Waals surface area contributed by atoms with Crippen LogP contribution in [-0.2, 0) is 14.8 Å². The van der Waals surface area contributed by atoms with E-state index in [4.69, 9.17) is 4.74 Å². The van der Waals surface area contributed by atoms with Gasteiger partial charge in [0.05, 0.1) is 23.7 Å². The maximum Gasteiger partial charge on any atom is 0.252 e. The minimum absolute atomic E-state index is 0.0945. The Bertz CT molecular complexity index is 1160. The van der Waals surface area contributed by atoms with E-state index >= 15 is 0 Å². The molecule has 1 aromatic carbocycles. The minimum Gasteiger partial charge on any atom is -0.379 e. The number of pyridine rings is 1. The van der Waals surface area contributed by atoms with Gasteiger partial charge in [0.15, 0.2) is 0 Å². The van der Waals surface area contributed by atoms with Gasteiger partial charge in [-0.05, 0) is 50.9 Å². The lowest BCUT2D eigenvalue weighted by atomic mass is 10.0. The molecule has 10 heteroatoms. The summed E-state index contributed by atoms with van der Waals surface area (Å²) < 4.78 is 32.8. The van der Waals surface area contributed by atoms with Crippen LogP contribution < -0.4 is 10.9 Å². The molecule has 0 aliphatic carbocycles. The SMILES string of the molecule is CC1CCCCN1CCCNC(=O)c1cc(=O)[nH]c2ccc(S(=O)(=O)N3CCOCC3)cc12. The van der Waals surface area contributed by atoms with E-state index < -0.39 is 15.6 Å². The Hall–Kier alpha value is -2.27. The molecule has 1 amide bonds. The number of amides is 1. The van der Waals surface area contributed by atoms with Crippen LogP contribution in [0.25, 0.3) is 10.9 Å². The molecule has 0 spiro atoms. The number of carbonyl (C=O) groups excluding carboxylic acids is 1. The fourth-order valence-corrected chi connectivity index (χ4v) is 6.02. The van der Waals surface area contributed by atoms with Crippen molar-refractivity contribution < 1.29 is 17.9 Å². The lowest BCUT2D eigenvalue weighted by Gasteiger charge is -2.33. The van der Waals surface area contributed by atoms with Crippen molar-refractivity contribution in [3.05, 3.63) is 40.2 Å². The molecule has 3 heterocycles. The second-order valence-electron chi connectivity index (χ2n) is 8.76. The van der Waals surface area contributed by atoms with Gasteiger partial charge in [0.1, 0.15) is 0 Å². The maximum absolute atomic E-state index is 13.1. The average molecular weight is 477 g/mol. The molecule has 2 fully saturated rings. The molecule has 1 aromatic heterocycles. The van der Waals surface area contributed by atoms with Crippen molar-refractivity contribution in [2.24, 2.45) is 0 Å².